The second-order valence-corrected chi connectivity index (χ2v) is 8.72. The minimum absolute atomic E-state index is 0.366. The summed E-state index contributed by atoms with van der Waals surface area (Å²) >= 11 is 16.6. The first-order valence-corrected chi connectivity index (χ1v) is 11.3. The van der Waals surface area contributed by atoms with Gasteiger partial charge >= 0.3 is 7.12 Å². The summed E-state index contributed by atoms with van der Waals surface area (Å²) in [5, 5.41) is 18.9. The van der Waals surface area contributed by atoms with Gasteiger partial charge in [0, 0.05) is 17.7 Å². The highest BCUT2D eigenvalue weighted by Crippen LogP contribution is 2.21. The van der Waals surface area contributed by atoms with Gasteiger partial charge in [0.05, 0.1) is 5.69 Å². The monoisotopic (exact) mass is 516 g/mol. The molecule has 0 amide bonds. The van der Waals surface area contributed by atoms with E-state index >= 15 is 0 Å². The lowest BCUT2D eigenvalue weighted by Crippen LogP contribution is -2.30. The molecule has 6 nitrogen and oxygen atoms in total. The lowest BCUT2D eigenvalue weighted by atomic mass is 9.79. The lowest BCUT2D eigenvalue weighted by molar-refractivity contribution is 0.425. The van der Waals surface area contributed by atoms with Crippen molar-refractivity contribution in [3.8, 4) is 11.3 Å². The van der Waals surface area contributed by atoms with Crippen LogP contribution in [0, 0.1) is 27.7 Å². The number of aromatic nitrogens is 4. The Kier molecular flexibility index (Phi) is 10.9. The van der Waals surface area contributed by atoms with E-state index in [1.54, 1.807) is 18.2 Å². The molecule has 2 heterocycles. The molecule has 0 aliphatic rings. The Labute approximate surface area is 214 Å². The van der Waals surface area contributed by atoms with Crippen LogP contribution < -0.4 is 5.46 Å². The van der Waals surface area contributed by atoms with Gasteiger partial charge < -0.3 is 10.0 Å². The van der Waals surface area contributed by atoms with E-state index in [-0.39, 0.29) is 0 Å². The predicted molar refractivity (Wildman–Crippen MR) is 140 cm³/mol. The molecule has 2 aromatic heterocycles. The summed E-state index contributed by atoms with van der Waals surface area (Å²) in [7, 11) is -1.35. The molecule has 4 aromatic rings. The molecule has 0 fully saturated rings. The largest absolute Gasteiger partial charge is 0.488 e. The fraction of sp³-hybridized carbons (Fsp3) is 0.167. The molecule has 2 N–H and O–H groups in total. The van der Waals surface area contributed by atoms with E-state index < -0.39 is 7.12 Å². The third-order valence-corrected chi connectivity index (χ3v) is 4.91. The topological polar surface area (TPSA) is 92.0 Å². The molecule has 0 aliphatic carbocycles. The lowest BCUT2D eigenvalue weighted by Gasteiger charge is -2.04. The standard InChI is InChI=1S/C12H11ClN2.C8H11BO2.C4H2Cl2N2/c1-8-3-9(2)5-10(4-8)11-6-12(13)15-7-14-11;1-6-3-7(2)5-8(4-6)9(10)11;5-3-1-4(6)8-2-7-3/h3-7H,1-2H3;3-5,10-11H,1-2H3;1-2H. The van der Waals surface area contributed by atoms with Gasteiger partial charge in [0.2, 0.25) is 0 Å². The average molecular weight is 518 g/mol. The van der Waals surface area contributed by atoms with Gasteiger partial charge in [-0.15, -0.1) is 0 Å². The number of hydrogen-bond acceptors (Lipinski definition) is 6. The van der Waals surface area contributed by atoms with Gasteiger partial charge in [-0.05, 0) is 45.3 Å². The van der Waals surface area contributed by atoms with Crippen molar-refractivity contribution in [3.63, 3.8) is 0 Å². The van der Waals surface area contributed by atoms with Crippen LogP contribution in [0.2, 0.25) is 15.5 Å². The van der Waals surface area contributed by atoms with Crippen LogP contribution in [0.3, 0.4) is 0 Å². The first-order valence-electron chi connectivity index (χ1n) is 10.2. The normalized spacial score (nSPS) is 9.91. The van der Waals surface area contributed by atoms with E-state index in [9.17, 15) is 0 Å². The highest BCUT2D eigenvalue weighted by molar-refractivity contribution is 6.58. The number of halogens is 3. The predicted octanol–water partition coefficient (Wildman–Crippen LogP) is 5.18. The zero-order valence-electron chi connectivity index (χ0n) is 19.2. The van der Waals surface area contributed by atoms with E-state index in [2.05, 4.69) is 52.0 Å². The minimum Gasteiger partial charge on any atom is -0.423 e. The average Bonchev–Trinajstić information content (AvgIpc) is 2.73. The summed E-state index contributed by atoms with van der Waals surface area (Å²) in [4.78, 5) is 15.3. The second-order valence-electron chi connectivity index (χ2n) is 7.56. The Bertz CT molecular complexity index is 1180. The maximum Gasteiger partial charge on any atom is 0.488 e. The minimum atomic E-state index is -1.35. The molecule has 34 heavy (non-hydrogen) atoms. The SMILES string of the molecule is Cc1cc(C)cc(-c2cc(Cl)ncn2)c1.Cc1cc(C)cc(B(O)O)c1.Clc1cc(Cl)ncn1. The van der Waals surface area contributed by atoms with Crippen molar-refractivity contribution in [1.29, 1.82) is 0 Å². The Hall–Kier alpha value is -2.55. The first-order chi connectivity index (χ1) is 16.0. The maximum atomic E-state index is 8.83. The van der Waals surface area contributed by atoms with Crippen LogP contribution in [-0.2, 0) is 0 Å². The third-order valence-electron chi connectivity index (χ3n) is 4.29. The zero-order valence-corrected chi connectivity index (χ0v) is 21.4. The molecule has 0 aliphatic heterocycles. The molecular formula is C24H24BCl3N4O2. The molecule has 176 valence electrons. The number of benzene rings is 2. The van der Waals surface area contributed by atoms with Crippen molar-refractivity contribution in [1.82, 2.24) is 19.9 Å². The van der Waals surface area contributed by atoms with Crippen LogP contribution >= 0.6 is 34.8 Å². The number of aryl methyl sites for hydroxylation is 4. The molecule has 0 unspecified atom stereocenters. The van der Waals surface area contributed by atoms with Gasteiger partial charge in [-0.1, -0.05) is 81.3 Å². The van der Waals surface area contributed by atoms with E-state index in [0.29, 0.717) is 20.9 Å². The molecule has 2 aromatic carbocycles. The van der Waals surface area contributed by atoms with Crippen LogP contribution in [0.1, 0.15) is 22.3 Å². The molecule has 10 heteroatoms. The molecule has 0 bridgehead atoms. The summed E-state index contributed by atoms with van der Waals surface area (Å²) in [5.74, 6) is 0. The highest BCUT2D eigenvalue weighted by atomic mass is 35.5. The molecule has 0 saturated carbocycles. The van der Waals surface area contributed by atoms with Gasteiger partial charge in [0.1, 0.15) is 28.1 Å². The molecule has 0 spiro atoms. The molecule has 0 atom stereocenters. The van der Waals surface area contributed by atoms with Gasteiger partial charge in [-0.3, -0.25) is 0 Å². The van der Waals surface area contributed by atoms with Crippen LogP contribution in [0.25, 0.3) is 11.3 Å². The Morgan fingerprint density at radius 2 is 0.971 bits per heavy atom. The number of nitrogens with zero attached hydrogens (tertiary/aromatic N) is 4. The maximum absolute atomic E-state index is 8.83. The quantitative estimate of drug-likeness (QED) is 0.281. The highest BCUT2D eigenvalue weighted by Gasteiger charge is 2.10. The summed E-state index contributed by atoms with van der Waals surface area (Å²) < 4.78 is 0. The summed E-state index contributed by atoms with van der Waals surface area (Å²) in [5.41, 5.74) is 7.04. The third kappa shape index (κ3) is 9.75. The van der Waals surface area contributed by atoms with E-state index in [0.717, 1.165) is 22.4 Å². The van der Waals surface area contributed by atoms with Gasteiger partial charge in [0.15, 0.2) is 0 Å². The number of hydrogen-bond donors (Lipinski definition) is 2. The molecule has 0 radical (unpaired) electrons. The van der Waals surface area contributed by atoms with Crippen LogP contribution in [0.5, 0.6) is 0 Å². The zero-order chi connectivity index (χ0) is 25.3. The fourth-order valence-corrected chi connectivity index (χ4v) is 3.58. The van der Waals surface area contributed by atoms with Crippen LogP contribution in [0.4, 0.5) is 0 Å². The summed E-state index contributed by atoms with van der Waals surface area (Å²) in [6, 6.07) is 15.1. The van der Waals surface area contributed by atoms with E-state index in [4.69, 9.17) is 44.9 Å². The summed E-state index contributed by atoms with van der Waals surface area (Å²) in [6.45, 7) is 8.00. The van der Waals surface area contributed by atoms with Gasteiger partial charge in [-0.2, -0.15) is 0 Å². The first kappa shape index (κ1) is 27.7. The van der Waals surface area contributed by atoms with Crippen molar-refractivity contribution in [2.24, 2.45) is 0 Å². The van der Waals surface area contributed by atoms with Crippen molar-refractivity contribution >= 4 is 47.4 Å². The van der Waals surface area contributed by atoms with Gasteiger partial charge in [-0.25, -0.2) is 19.9 Å². The van der Waals surface area contributed by atoms with Crippen molar-refractivity contribution in [2.45, 2.75) is 27.7 Å². The molecule has 0 saturated heterocycles. The van der Waals surface area contributed by atoms with Crippen LogP contribution in [-0.4, -0.2) is 37.1 Å². The summed E-state index contributed by atoms with van der Waals surface area (Å²) in [6.07, 6.45) is 2.79. The molecular weight excluding hydrogens is 493 g/mol. The van der Waals surface area contributed by atoms with Crippen molar-refractivity contribution in [2.75, 3.05) is 0 Å². The molecule has 4 rings (SSSR count). The Morgan fingerprint density at radius 3 is 1.35 bits per heavy atom. The number of rotatable bonds is 2. The fourth-order valence-electron chi connectivity index (χ4n) is 3.08. The van der Waals surface area contributed by atoms with Gasteiger partial charge in [0.25, 0.3) is 0 Å². The van der Waals surface area contributed by atoms with Crippen molar-refractivity contribution in [3.05, 3.63) is 98.9 Å². The van der Waals surface area contributed by atoms with Crippen LogP contribution in [0.15, 0.2) is 61.2 Å². The smallest absolute Gasteiger partial charge is 0.423 e. The second kappa shape index (κ2) is 13.4. The Morgan fingerprint density at radius 1 is 0.559 bits per heavy atom. The Balaban J connectivity index is 0.000000190. The van der Waals surface area contributed by atoms with E-state index in [1.807, 2.05) is 19.9 Å². The van der Waals surface area contributed by atoms with E-state index in [1.165, 1.54) is 29.8 Å². The van der Waals surface area contributed by atoms with Crippen molar-refractivity contribution < 1.29 is 10.0 Å².